The van der Waals surface area contributed by atoms with Gasteiger partial charge in [-0.25, -0.2) is 0 Å². The number of nitrogens with zero attached hydrogens (tertiary/aromatic N) is 3. The molecule has 3 aromatic carbocycles. The summed E-state index contributed by atoms with van der Waals surface area (Å²) in [6.07, 6.45) is 3.89. The maximum absolute atomic E-state index is 13.8. The molecule has 1 N–H and O–H groups in total. The van der Waals surface area contributed by atoms with Crippen LogP contribution in [0.2, 0.25) is 0 Å². The maximum atomic E-state index is 13.8. The molecule has 252 valence electrons. The molecular weight excluding hydrogens is 647 g/mol. The Hall–Kier alpha value is -4.35. The second-order valence-electron chi connectivity index (χ2n) is 11.4. The van der Waals surface area contributed by atoms with Crippen LogP contribution in [0.1, 0.15) is 74.8 Å². The molecule has 1 fully saturated rings. The van der Waals surface area contributed by atoms with Gasteiger partial charge in [-0.1, -0.05) is 85.7 Å². The normalized spacial score (nSPS) is 15.6. The van der Waals surface area contributed by atoms with E-state index < -0.39 is 17.7 Å². The highest BCUT2D eigenvalue weighted by atomic mass is 32.2. The van der Waals surface area contributed by atoms with Gasteiger partial charge in [-0.15, -0.1) is 10.2 Å². The maximum Gasteiger partial charge on any atom is 0.301 e. The van der Waals surface area contributed by atoms with Crippen molar-refractivity contribution in [1.29, 1.82) is 0 Å². The van der Waals surface area contributed by atoms with Crippen molar-refractivity contribution in [2.24, 2.45) is 0 Å². The molecule has 1 aliphatic heterocycles. The van der Waals surface area contributed by atoms with Crippen LogP contribution in [0.3, 0.4) is 0 Å². The van der Waals surface area contributed by atoms with Gasteiger partial charge in [-0.3, -0.25) is 14.5 Å². The number of ketones is 1. The Morgan fingerprint density at radius 2 is 1.65 bits per heavy atom. The molecule has 0 spiro atoms. The van der Waals surface area contributed by atoms with Gasteiger partial charge in [0, 0.05) is 11.3 Å². The summed E-state index contributed by atoms with van der Waals surface area (Å²) in [7, 11) is 0. The fourth-order valence-electron chi connectivity index (χ4n) is 5.23. The minimum Gasteiger partial charge on any atom is -0.507 e. The number of ether oxygens (including phenoxy) is 3. The standard InChI is InChI=1S/C37H41N3O6S2/c1-5-8-9-21-46-29-19-16-27(22-30(29)44-7-3)32-31(33(41)26-14-17-28(18-15-26)45-20-6-2)34(42)35(43)40(32)36-38-39-37(48-36)47-23-25-12-10-24(4)11-13-25/h10-19,22,32,41H,5-9,20-21,23H2,1-4H3/b33-31+. The van der Waals surface area contributed by atoms with Gasteiger partial charge in [0.25, 0.3) is 5.78 Å². The Kier molecular flexibility index (Phi) is 12.1. The molecule has 1 amide bonds. The van der Waals surface area contributed by atoms with Crippen LogP contribution in [0.4, 0.5) is 5.13 Å². The summed E-state index contributed by atoms with van der Waals surface area (Å²) in [5.41, 5.74) is 3.21. The van der Waals surface area contributed by atoms with Crippen LogP contribution in [0.25, 0.3) is 5.76 Å². The largest absolute Gasteiger partial charge is 0.507 e. The van der Waals surface area contributed by atoms with Gasteiger partial charge in [0.05, 0.1) is 31.4 Å². The molecule has 5 rings (SSSR count). The first-order valence-corrected chi connectivity index (χ1v) is 18.1. The summed E-state index contributed by atoms with van der Waals surface area (Å²) in [5.74, 6) is 0.472. The third-order valence-electron chi connectivity index (χ3n) is 7.72. The molecule has 2 heterocycles. The number of aryl methyl sites for hydroxylation is 1. The molecule has 1 aliphatic rings. The van der Waals surface area contributed by atoms with Gasteiger partial charge in [0.15, 0.2) is 15.8 Å². The third-order valence-corrected chi connectivity index (χ3v) is 9.85. The second-order valence-corrected chi connectivity index (χ2v) is 13.5. The lowest BCUT2D eigenvalue weighted by Gasteiger charge is -2.23. The van der Waals surface area contributed by atoms with Gasteiger partial charge in [-0.2, -0.15) is 0 Å². The minimum atomic E-state index is -0.989. The molecule has 0 saturated carbocycles. The lowest BCUT2D eigenvalue weighted by atomic mass is 9.95. The van der Waals surface area contributed by atoms with Crippen molar-refractivity contribution in [3.05, 3.63) is 94.6 Å². The van der Waals surface area contributed by atoms with Crippen LogP contribution in [0, 0.1) is 6.92 Å². The summed E-state index contributed by atoms with van der Waals surface area (Å²) < 4.78 is 18.4. The number of benzene rings is 3. The molecule has 9 nitrogen and oxygen atoms in total. The summed E-state index contributed by atoms with van der Waals surface area (Å²) in [5, 5.41) is 20.6. The highest BCUT2D eigenvalue weighted by molar-refractivity contribution is 8.00. The Morgan fingerprint density at radius 1 is 0.875 bits per heavy atom. The Bertz CT molecular complexity index is 1740. The number of carbonyl (C=O) groups is 2. The van der Waals surface area contributed by atoms with E-state index in [4.69, 9.17) is 14.2 Å². The van der Waals surface area contributed by atoms with E-state index in [0.29, 0.717) is 58.3 Å². The predicted molar refractivity (Wildman–Crippen MR) is 190 cm³/mol. The average Bonchev–Trinajstić information content (AvgIpc) is 3.67. The summed E-state index contributed by atoms with van der Waals surface area (Å²) in [6.45, 7) is 9.56. The topological polar surface area (TPSA) is 111 Å². The first-order valence-electron chi connectivity index (χ1n) is 16.3. The van der Waals surface area contributed by atoms with Crippen LogP contribution in [-0.2, 0) is 15.3 Å². The summed E-state index contributed by atoms with van der Waals surface area (Å²) in [6, 6.07) is 19.4. The number of hydrogen-bond donors (Lipinski definition) is 1. The molecular formula is C37H41N3O6S2. The fourth-order valence-corrected chi connectivity index (χ4v) is 7.06. The number of rotatable bonds is 16. The number of thioether (sulfide) groups is 1. The van der Waals surface area contributed by atoms with E-state index in [2.05, 4.69) is 41.4 Å². The van der Waals surface area contributed by atoms with E-state index in [1.54, 1.807) is 42.5 Å². The van der Waals surface area contributed by atoms with Gasteiger partial charge in [0.2, 0.25) is 5.13 Å². The Labute approximate surface area is 290 Å². The van der Waals surface area contributed by atoms with Gasteiger partial charge >= 0.3 is 5.91 Å². The smallest absolute Gasteiger partial charge is 0.301 e. The summed E-state index contributed by atoms with van der Waals surface area (Å²) in [4.78, 5) is 28.9. The molecule has 1 atom stereocenters. The van der Waals surface area contributed by atoms with Gasteiger partial charge in [0.1, 0.15) is 11.5 Å². The van der Waals surface area contributed by atoms with Crippen molar-refractivity contribution in [1.82, 2.24) is 10.2 Å². The third kappa shape index (κ3) is 8.19. The number of unbranched alkanes of at least 4 members (excludes halogenated alkanes) is 2. The van der Waals surface area contributed by atoms with Crippen molar-refractivity contribution >= 4 is 45.7 Å². The van der Waals surface area contributed by atoms with Crippen molar-refractivity contribution in [3.8, 4) is 17.2 Å². The number of anilines is 1. The molecule has 11 heteroatoms. The number of Topliss-reactive ketones (excluding diaryl/α,β-unsaturated/α-hetero) is 1. The van der Waals surface area contributed by atoms with E-state index >= 15 is 0 Å². The number of carbonyl (C=O) groups excluding carboxylic acids is 2. The van der Waals surface area contributed by atoms with E-state index in [0.717, 1.165) is 31.2 Å². The predicted octanol–water partition coefficient (Wildman–Crippen LogP) is 8.52. The van der Waals surface area contributed by atoms with E-state index in [1.165, 1.54) is 33.6 Å². The van der Waals surface area contributed by atoms with Crippen molar-refractivity contribution in [2.45, 2.75) is 69.5 Å². The number of aliphatic hydroxyl groups is 1. The Morgan fingerprint density at radius 3 is 2.35 bits per heavy atom. The lowest BCUT2D eigenvalue weighted by Crippen LogP contribution is -2.29. The number of aliphatic hydroxyl groups excluding tert-OH is 1. The quantitative estimate of drug-likeness (QED) is 0.0309. The molecule has 1 unspecified atom stereocenters. The van der Waals surface area contributed by atoms with Crippen LogP contribution in [-0.4, -0.2) is 46.8 Å². The van der Waals surface area contributed by atoms with E-state index in [-0.39, 0.29) is 16.5 Å². The zero-order chi connectivity index (χ0) is 34.0. The minimum absolute atomic E-state index is 0.0506. The first-order chi connectivity index (χ1) is 23.3. The molecule has 0 aliphatic carbocycles. The molecule has 0 radical (unpaired) electrons. The molecule has 1 aromatic heterocycles. The average molecular weight is 688 g/mol. The lowest BCUT2D eigenvalue weighted by molar-refractivity contribution is -0.132. The first kappa shape index (κ1) is 35.0. The van der Waals surface area contributed by atoms with Crippen molar-refractivity contribution in [2.75, 3.05) is 24.7 Å². The van der Waals surface area contributed by atoms with Crippen LogP contribution >= 0.6 is 23.1 Å². The molecule has 0 bridgehead atoms. The highest BCUT2D eigenvalue weighted by Crippen LogP contribution is 2.46. The summed E-state index contributed by atoms with van der Waals surface area (Å²) >= 11 is 2.73. The van der Waals surface area contributed by atoms with E-state index in [9.17, 15) is 14.7 Å². The monoisotopic (exact) mass is 687 g/mol. The van der Waals surface area contributed by atoms with Crippen LogP contribution in [0.5, 0.6) is 17.2 Å². The van der Waals surface area contributed by atoms with Crippen molar-refractivity contribution < 1.29 is 28.9 Å². The number of hydrogen-bond acceptors (Lipinski definition) is 10. The zero-order valence-electron chi connectivity index (χ0n) is 27.7. The van der Waals surface area contributed by atoms with Gasteiger partial charge in [-0.05, 0) is 74.2 Å². The molecule has 4 aromatic rings. The second kappa shape index (κ2) is 16.7. The van der Waals surface area contributed by atoms with E-state index in [1.807, 2.05) is 20.8 Å². The molecule has 48 heavy (non-hydrogen) atoms. The zero-order valence-corrected chi connectivity index (χ0v) is 29.4. The SMILES string of the molecule is CCCCCOc1ccc(C2/C(=C(\O)c3ccc(OCCC)cc3)C(=O)C(=O)N2c2nnc(SCc3ccc(C)cc3)s2)cc1OCC. The Balaban J connectivity index is 1.53. The number of amides is 1. The van der Waals surface area contributed by atoms with Crippen LogP contribution < -0.4 is 19.1 Å². The fraction of sp³-hybridized carbons (Fsp3) is 0.351. The highest BCUT2D eigenvalue weighted by Gasteiger charge is 2.48. The van der Waals surface area contributed by atoms with Gasteiger partial charge < -0.3 is 19.3 Å². The van der Waals surface area contributed by atoms with Crippen LogP contribution in [0.15, 0.2) is 76.6 Å². The molecule has 1 saturated heterocycles. The number of aromatic nitrogens is 2. The van der Waals surface area contributed by atoms with Crippen molar-refractivity contribution in [3.63, 3.8) is 0 Å².